The third-order valence-electron chi connectivity index (χ3n) is 3.52. The average Bonchev–Trinajstić information content (AvgIpc) is 2.76. The molecule has 0 bridgehead atoms. The summed E-state index contributed by atoms with van der Waals surface area (Å²) in [6.07, 6.45) is 4.62. The summed E-state index contributed by atoms with van der Waals surface area (Å²) in [4.78, 5) is 11.4. The Hall–Kier alpha value is -2.03. The Kier molecular flexibility index (Phi) is 2.90. The van der Waals surface area contributed by atoms with E-state index in [2.05, 4.69) is 0 Å². The molecule has 1 heterocycles. The number of ketones is 1. The monoisotopic (exact) mass is 256 g/mol. The number of fused-ring (bicyclic) bond motifs is 3. The number of hydrogen-bond donors (Lipinski definition) is 0. The molecule has 19 heavy (non-hydrogen) atoms. The van der Waals surface area contributed by atoms with Crippen molar-refractivity contribution >= 4 is 22.3 Å². The van der Waals surface area contributed by atoms with E-state index >= 15 is 0 Å². The molecule has 0 atom stereocenters. The second-order valence-electron chi connectivity index (χ2n) is 4.90. The highest BCUT2D eigenvalue weighted by atomic mass is 16.5. The Morgan fingerprint density at radius 2 is 2.21 bits per heavy atom. The third kappa shape index (κ3) is 2.05. The van der Waals surface area contributed by atoms with Gasteiger partial charge in [-0.05, 0) is 49.6 Å². The number of rotatable bonds is 2. The summed E-state index contributed by atoms with van der Waals surface area (Å²) in [5.74, 6) is 1.88. The minimum absolute atomic E-state index is 0.0834. The number of furan rings is 1. The number of aryl methyl sites for hydroxylation is 1. The summed E-state index contributed by atoms with van der Waals surface area (Å²) >= 11 is 0. The average molecular weight is 256 g/mol. The zero-order valence-corrected chi connectivity index (χ0v) is 11.2. The summed E-state index contributed by atoms with van der Waals surface area (Å²) in [5.41, 5.74) is 3.04. The molecule has 2 aromatic rings. The van der Waals surface area contributed by atoms with Crippen LogP contribution in [-0.2, 0) is 11.2 Å². The van der Waals surface area contributed by atoms with Crippen LogP contribution in [0.25, 0.3) is 16.5 Å². The van der Waals surface area contributed by atoms with E-state index in [1.165, 1.54) is 0 Å². The predicted molar refractivity (Wildman–Crippen MR) is 74.4 cm³/mol. The fraction of sp³-hybridized carbons (Fsp3) is 0.312. The predicted octanol–water partition coefficient (Wildman–Crippen LogP) is 3.75. The second kappa shape index (κ2) is 4.57. The maximum Gasteiger partial charge on any atom is 0.152 e. The zero-order valence-electron chi connectivity index (χ0n) is 11.2. The van der Waals surface area contributed by atoms with Crippen LogP contribution >= 0.6 is 0 Å². The Bertz CT molecular complexity index is 677. The Balaban J connectivity index is 2.26. The molecule has 1 aliphatic carbocycles. The van der Waals surface area contributed by atoms with Crippen LogP contribution in [-0.4, -0.2) is 12.9 Å². The molecule has 98 valence electrons. The molecule has 0 aliphatic heterocycles. The first-order chi connectivity index (χ1) is 9.19. The highest BCUT2D eigenvalue weighted by molar-refractivity contribution is 6.01. The van der Waals surface area contributed by atoms with Crippen LogP contribution < -0.4 is 4.74 Å². The molecule has 1 aliphatic rings. The summed E-state index contributed by atoms with van der Waals surface area (Å²) in [5, 5.41) is 1.04. The number of carbonyl (C=O) groups excluding carboxylic acids is 1. The minimum Gasteiger partial charge on any atom is -0.497 e. The largest absolute Gasteiger partial charge is 0.497 e. The number of allylic oxidation sites excluding steroid dienone is 2. The van der Waals surface area contributed by atoms with E-state index in [1.54, 1.807) is 20.1 Å². The lowest BCUT2D eigenvalue weighted by Crippen LogP contribution is -2.00. The van der Waals surface area contributed by atoms with Crippen molar-refractivity contribution in [1.29, 1.82) is 0 Å². The maximum atomic E-state index is 11.4. The van der Waals surface area contributed by atoms with Gasteiger partial charge in [0.05, 0.1) is 7.11 Å². The van der Waals surface area contributed by atoms with Gasteiger partial charge in [-0.1, -0.05) is 0 Å². The van der Waals surface area contributed by atoms with Crippen molar-refractivity contribution in [3.63, 3.8) is 0 Å². The summed E-state index contributed by atoms with van der Waals surface area (Å²) in [7, 11) is 1.65. The van der Waals surface area contributed by atoms with E-state index in [4.69, 9.17) is 9.15 Å². The first-order valence-corrected chi connectivity index (χ1v) is 6.50. The lowest BCUT2D eigenvalue weighted by Gasteiger charge is -2.13. The second-order valence-corrected chi connectivity index (χ2v) is 4.90. The topological polar surface area (TPSA) is 39.4 Å². The number of ether oxygens (including phenoxy) is 1. The lowest BCUT2D eigenvalue weighted by molar-refractivity contribution is -0.112. The molecule has 1 aromatic heterocycles. The highest BCUT2D eigenvalue weighted by Crippen LogP contribution is 2.39. The van der Waals surface area contributed by atoms with E-state index in [1.807, 2.05) is 18.2 Å². The third-order valence-corrected chi connectivity index (χ3v) is 3.52. The quantitative estimate of drug-likeness (QED) is 0.768. The summed E-state index contributed by atoms with van der Waals surface area (Å²) in [6, 6.07) is 5.81. The van der Waals surface area contributed by atoms with Gasteiger partial charge >= 0.3 is 0 Å². The van der Waals surface area contributed by atoms with Gasteiger partial charge < -0.3 is 9.15 Å². The Labute approximate surface area is 111 Å². The molecule has 0 fully saturated rings. The molecule has 0 unspecified atom stereocenters. The molecule has 1 aromatic carbocycles. The zero-order chi connectivity index (χ0) is 13.4. The van der Waals surface area contributed by atoms with Crippen molar-refractivity contribution in [2.45, 2.75) is 26.2 Å². The Morgan fingerprint density at radius 3 is 2.95 bits per heavy atom. The standard InChI is InChI=1S/C16H16O3/c1-10(17)8-11-4-3-5-15-16(11)13-9-12(18-2)6-7-14(13)19-15/h6-9H,3-5H2,1-2H3/b11-8+. The number of benzene rings is 1. The number of methoxy groups -OCH3 is 1. The fourth-order valence-electron chi connectivity index (χ4n) is 2.74. The number of hydrogen-bond acceptors (Lipinski definition) is 3. The van der Waals surface area contributed by atoms with Crippen LogP contribution in [0.4, 0.5) is 0 Å². The van der Waals surface area contributed by atoms with Crippen molar-refractivity contribution in [3.8, 4) is 5.75 Å². The van der Waals surface area contributed by atoms with Crippen molar-refractivity contribution in [2.75, 3.05) is 7.11 Å². The van der Waals surface area contributed by atoms with Crippen LogP contribution in [0, 0.1) is 0 Å². The van der Waals surface area contributed by atoms with Crippen LogP contribution in [0.3, 0.4) is 0 Å². The molecule has 0 spiro atoms. The fourth-order valence-corrected chi connectivity index (χ4v) is 2.74. The maximum absolute atomic E-state index is 11.4. The van der Waals surface area contributed by atoms with Crippen molar-refractivity contribution in [1.82, 2.24) is 0 Å². The molecule has 0 amide bonds. The molecule has 0 radical (unpaired) electrons. The Morgan fingerprint density at radius 1 is 1.37 bits per heavy atom. The molecule has 0 saturated carbocycles. The van der Waals surface area contributed by atoms with Gasteiger partial charge in [0.2, 0.25) is 0 Å². The van der Waals surface area contributed by atoms with E-state index in [0.717, 1.165) is 52.9 Å². The highest BCUT2D eigenvalue weighted by Gasteiger charge is 2.22. The van der Waals surface area contributed by atoms with Crippen LogP contribution in [0.2, 0.25) is 0 Å². The van der Waals surface area contributed by atoms with E-state index in [0.29, 0.717) is 0 Å². The van der Waals surface area contributed by atoms with Gasteiger partial charge in [0.25, 0.3) is 0 Å². The van der Waals surface area contributed by atoms with Crippen LogP contribution in [0.5, 0.6) is 5.75 Å². The first kappa shape index (κ1) is 12.0. The molecular weight excluding hydrogens is 240 g/mol. The molecule has 3 rings (SSSR count). The van der Waals surface area contributed by atoms with E-state index < -0.39 is 0 Å². The van der Waals surface area contributed by atoms with Gasteiger partial charge in [-0.2, -0.15) is 0 Å². The summed E-state index contributed by atoms with van der Waals surface area (Å²) in [6.45, 7) is 1.59. The summed E-state index contributed by atoms with van der Waals surface area (Å²) < 4.78 is 11.2. The van der Waals surface area contributed by atoms with Gasteiger partial charge in [-0.15, -0.1) is 0 Å². The molecule has 3 nitrogen and oxygen atoms in total. The van der Waals surface area contributed by atoms with Gasteiger partial charge in [0, 0.05) is 17.4 Å². The molecule has 3 heteroatoms. The minimum atomic E-state index is 0.0834. The lowest BCUT2D eigenvalue weighted by atomic mass is 9.90. The number of carbonyl (C=O) groups is 1. The van der Waals surface area contributed by atoms with Gasteiger partial charge in [-0.25, -0.2) is 0 Å². The van der Waals surface area contributed by atoms with Gasteiger partial charge in [-0.3, -0.25) is 4.79 Å². The van der Waals surface area contributed by atoms with Gasteiger partial charge in [0.15, 0.2) is 5.78 Å². The van der Waals surface area contributed by atoms with Crippen LogP contribution in [0.1, 0.15) is 31.1 Å². The normalized spacial score (nSPS) is 16.6. The van der Waals surface area contributed by atoms with Gasteiger partial charge in [0.1, 0.15) is 17.1 Å². The molecular formula is C16H16O3. The van der Waals surface area contributed by atoms with E-state index in [-0.39, 0.29) is 5.78 Å². The molecule has 0 N–H and O–H groups in total. The SMILES string of the molecule is COc1ccc2oc3c(c2c1)/C(=C/C(C)=O)CCC3. The van der Waals surface area contributed by atoms with Crippen molar-refractivity contribution in [2.24, 2.45) is 0 Å². The molecule has 0 saturated heterocycles. The van der Waals surface area contributed by atoms with E-state index in [9.17, 15) is 4.79 Å². The van der Waals surface area contributed by atoms with Crippen LogP contribution in [0.15, 0.2) is 28.7 Å². The van der Waals surface area contributed by atoms with Crippen molar-refractivity contribution in [3.05, 3.63) is 35.6 Å². The smallest absolute Gasteiger partial charge is 0.152 e. The first-order valence-electron chi connectivity index (χ1n) is 6.50. The van der Waals surface area contributed by atoms with Crippen molar-refractivity contribution < 1.29 is 13.9 Å².